The van der Waals surface area contributed by atoms with Crippen LogP contribution in [0.1, 0.15) is 0 Å². The zero-order valence-corrected chi connectivity index (χ0v) is 13.0. The lowest BCUT2D eigenvalue weighted by Gasteiger charge is -2.34. The van der Waals surface area contributed by atoms with Crippen LogP contribution in [0.15, 0.2) is 18.2 Å². The van der Waals surface area contributed by atoms with E-state index in [1.807, 2.05) is 0 Å². The average Bonchev–Trinajstić information content (AvgIpc) is 2.42. The monoisotopic (exact) mass is 355 g/mol. The van der Waals surface area contributed by atoms with Gasteiger partial charge in [0.05, 0.1) is 16.6 Å². The number of anilines is 1. The van der Waals surface area contributed by atoms with Gasteiger partial charge in [-0.05, 0) is 18.2 Å². The number of nitrogens with one attached hydrogen (secondary N) is 1. The molecular formula is C13H14Cl2F3N3O. The van der Waals surface area contributed by atoms with Crippen LogP contribution in [0.4, 0.5) is 23.7 Å². The Bertz CT molecular complexity index is 546. The number of carbonyl (C=O) groups excluding carboxylic acids is 1. The minimum Gasteiger partial charge on any atom is -0.322 e. The summed E-state index contributed by atoms with van der Waals surface area (Å²) in [7, 11) is 0. The van der Waals surface area contributed by atoms with Gasteiger partial charge in [-0.1, -0.05) is 23.2 Å². The van der Waals surface area contributed by atoms with E-state index in [0.717, 1.165) is 0 Å². The SMILES string of the molecule is O=C(Nc1ccc(Cl)c(Cl)c1)N1CCN(CC(F)(F)F)CC1. The van der Waals surface area contributed by atoms with Gasteiger partial charge in [-0.15, -0.1) is 0 Å². The average molecular weight is 356 g/mol. The molecule has 1 aromatic carbocycles. The Labute approximate surface area is 135 Å². The number of piperazine rings is 1. The quantitative estimate of drug-likeness (QED) is 0.877. The summed E-state index contributed by atoms with van der Waals surface area (Å²) in [4.78, 5) is 14.8. The first-order valence-corrected chi connectivity index (χ1v) is 7.30. The molecule has 2 rings (SSSR count). The van der Waals surface area contributed by atoms with Crippen LogP contribution < -0.4 is 5.32 Å². The first-order valence-electron chi connectivity index (χ1n) is 6.55. The fourth-order valence-corrected chi connectivity index (χ4v) is 2.44. The number of amides is 2. The van der Waals surface area contributed by atoms with Gasteiger partial charge in [-0.2, -0.15) is 13.2 Å². The van der Waals surface area contributed by atoms with Crippen LogP contribution in [-0.2, 0) is 0 Å². The third-order valence-corrected chi connectivity index (χ3v) is 3.97. The number of hydrogen-bond donors (Lipinski definition) is 1. The molecule has 0 atom stereocenters. The Morgan fingerprint density at radius 1 is 1.14 bits per heavy atom. The molecule has 0 aromatic heterocycles. The number of halogens is 5. The molecule has 22 heavy (non-hydrogen) atoms. The maximum absolute atomic E-state index is 12.3. The summed E-state index contributed by atoms with van der Waals surface area (Å²) >= 11 is 11.6. The van der Waals surface area contributed by atoms with Gasteiger partial charge in [0.15, 0.2) is 0 Å². The lowest BCUT2D eigenvalue weighted by atomic mass is 10.3. The molecule has 1 aromatic rings. The summed E-state index contributed by atoms with van der Waals surface area (Å²) in [6, 6.07) is 4.30. The summed E-state index contributed by atoms with van der Waals surface area (Å²) in [5.41, 5.74) is 0.483. The van der Waals surface area contributed by atoms with Crippen molar-refractivity contribution in [3.63, 3.8) is 0 Å². The standard InChI is InChI=1S/C13H14Cl2F3N3O/c14-10-2-1-9(7-11(10)15)19-12(22)21-5-3-20(4-6-21)8-13(16,17)18/h1-2,7H,3-6,8H2,(H,19,22). The normalized spacial score (nSPS) is 16.7. The molecule has 0 spiro atoms. The molecule has 1 aliphatic rings. The second-order valence-electron chi connectivity index (χ2n) is 4.94. The second-order valence-corrected chi connectivity index (χ2v) is 5.75. The van der Waals surface area contributed by atoms with Crippen molar-refractivity contribution in [2.45, 2.75) is 6.18 Å². The van der Waals surface area contributed by atoms with Gasteiger partial charge in [0.1, 0.15) is 0 Å². The van der Waals surface area contributed by atoms with Crippen LogP contribution >= 0.6 is 23.2 Å². The van der Waals surface area contributed by atoms with Crippen molar-refractivity contribution in [1.82, 2.24) is 9.80 Å². The second kappa shape index (κ2) is 6.93. The van der Waals surface area contributed by atoms with Crippen molar-refractivity contribution in [2.24, 2.45) is 0 Å². The van der Waals surface area contributed by atoms with Crippen LogP contribution in [0.2, 0.25) is 10.0 Å². The van der Waals surface area contributed by atoms with E-state index >= 15 is 0 Å². The maximum Gasteiger partial charge on any atom is 0.401 e. The molecule has 0 bridgehead atoms. The van der Waals surface area contributed by atoms with Gasteiger partial charge >= 0.3 is 12.2 Å². The third kappa shape index (κ3) is 4.93. The molecule has 122 valence electrons. The molecule has 1 N–H and O–H groups in total. The predicted molar refractivity (Wildman–Crippen MR) is 79.5 cm³/mol. The molecule has 9 heteroatoms. The minimum absolute atomic E-state index is 0.189. The van der Waals surface area contributed by atoms with E-state index in [4.69, 9.17) is 23.2 Å². The van der Waals surface area contributed by atoms with E-state index in [-0.39, 0.29) is 32.2 Å². The highest BCUT2D eigenvalue weighted by Gasteiger charge is 2.32. The maximum atomic E-state index is 12.3. The molecule has 0 unspecified atom stereocenters. The van der Waals surface area contributed by atoms with Gasteiger partial charge in [0.25, 0.3) is 0 Å². The summed E-state index contributed by atoms with van der Waals surface area (Å²) in [5.74, 6) is 0. The predicted octanol–water partition coefficient (Wildman–Crippen LogP) is 3.71. The molecule has 1 fully saturated rings. The van der Waals surface area contributed by atoms with Gasteiger partial charge in [0.2, 0.25) is 0 Å². The highest BCUT2D eigenvalue weighted by Crippen LogP contribution is 2.25. The number of alkyl halides is 3. The number of hydrogen-bond acceptors (Lipinski definition) is 2. The van der Waals surface area contributed by atoms with Crippen molar-refractivity contribution >= 4 is 34.9 Å². The van der Waals surface area contributed by atoms with E-state index < -0.39 is 12.7 Å². The van der Waals surface area contributed by atoms with Crippen LogP contribution in [0.5, 0.6) is 0 Å². The van der Waals surface area contributed by atoms with E-state index in [1.54, 1.807) is 12.1 Å². The first kappa shape index (κ1) is 17.2. The Morgan fingerprint density at radius 3 is 2.32 bits per heavy atom. The molecular weight excluding hydrogens is 342 g/mol. The Morgan fingerprint density at radius 2 is 1.77 bits per heavy atom. The zero-order valence-electron chi connectivity index (χ0n) is 11.5. The van der Waals surface area contributed by atoms with Gasteiger partial charge < -0.3 is 10.2 Å². The van der Waals surface area contributed by atoms with Crippen molar-refractivity contribution in [3.05, 3.63) is 28.2 Å². The fraction of sp³-hybridized carbons (Fsp3) is 0.462. The highest BCUT2D eigenvalue weighted by molar-refractivity contribution is 6.42. The minimum atomic E-state index is -4.22. The molecule has 0 saturated carbocycles. The van der Waals surface area contributed by atoms with Gasteiger partial charge in [0, 0.05) is 31.9 Å². The largest absolute Gasteiger partial charge is 0.401 e. The van der Waals surface area contributed by atoms with Crippen LogP contribution in [0.3, 0.4) is 0 Å². The van der Waals surface area contributed by atoms with E-state index in [0.29, 0.717) is 15.7 Å². The molecule has 1 aliphatic heterocycles. The first-order chi connectivity index (χ1) is 10.2. The van der Waals surface area contributed by atoms with Crippen molar-refractivity contribution in [1.29, 1.82) is 0 Å². The van der Waals surface area contributed by atoms with Gasteiger partial charge in [-0.3, -0.25) is 4.90 Å². The Hall–Kier alpha value is -1.18. The van der Waals surface area contributed by atoms with E-state index in [1.165, 1.54) is 15.9 Å². The van der Waals surface area contributed by atoms with Crippen LogP contribution in [0, 0.1) is 0 Å². The fourth-order valence-electron chi connectivity index (χ4n) is 2.14. The summed E-state index contributed by atoms with van der Waals surface area (Å²) in [6.07, 6.45) is -4.22. The number of rotatable bonds is 2. The third-order valence-electron chi connectivity index (χ3n) is 3.23. The highest BCUT2D eigenvalue weighted by atomic mass is 35.5. The lowest BCUT2D eigenvalue weighted by Crippen LogP contribution is -2.51. The summed E-state index contributed by atoms with van der Waals surface area (Å²) in [6.45, 7) is -0.0929. The van der Waals surface area contributed by atoms with Crippen LogP contribution in [-0.4, -0.2) is 54.7 Å². The Balaban J connectivity index is 1.86. The summed E-state index contributed by atoms with van der Waals surface area (Å²) in [5, 5.41) is 3.34. The molecule has 4 nitrogen and oxygen atoms in total. The smallest absolute Gasteiger partial charge is 0.322 e. The molecule has 2 amide bonds. The molecule has 1 saturated heterocycles. The van der Waals surface area contributed by atoms with E-state index in [9.17, 15) is 18.0 Å². The van der Waals surface area contributed by atoms with Crippen LogP contribution in [0.25, 0.3) is 0 Å². The van der Waals surface area contributed by atoms with E-state index in [2.05, 4.69) is 5.32 Å². The molecule has 1 heterocycles. The lowest BCUT2D eigenvalue weighted by molar-refractivity contribution is -0.148. The van der Waals surface area contributed by atoms with Crippen molar-refractivity contribution in [3.8, 4) is 0 Å². The molecule has 0 aliphatic carbocycles. The Kier molecular flexibility index (Phi) is 5.41. The van der Waals surface area contributed by atoms with Crippen molar-refractivity contribution in [2.75, 3.05) is 38.0 Å². The number of carbonyl (C=O) groups is 1. The zero-order chi connectivity index (χ0) is 16.3. The summed E-state index contributed by atoms with van der Waals surface area (Å²) < 4.78 is 36.9. The van der Waals surface area contributed by atoms with Crippen molar-refractivity contribution < 1.29 is 18.0 Å². The topological polar surface area (TPSA) is 35.6 Å². The molecule has 0 radical (unpaired) electrons. The number of benzene rings is 1. The number of nitrogens with zero attached hydrogens (tertiary/aromatic N) is 2. The number of urea groups is 1. The van der Waals surface area contributed by atoms with Gasteiger partial charge in [-0.25, -0.2) is 4.79 Å².